The molecule has 0 aromatic heterocycles. The average Bonchev–Trinajstić information content (AvgIpc) is 2.44. The van der Waals surface area contributed by atoms with E-state index in [1.54, 1.807) is 25.1 Å². The van der Waals surface area contributed by atoms with Crippen molar-refractivity contribution in [2.24, 2.45) is 0 Å². The van der Waals surface area contributed by atoms with E-state index in [2.05, 4.69) is 0 Å². The molecule has 5 nitrogen and oxygen atoms in total. The molecule has 0 saturated carbocycles. The summed E-state index contributed by atoms with van der Waals surface area (Å²) in [7, 11) is 1.37. The van der Waals surface area contributed by atoms with Gasteiger partial charge in [0.15, 0.2) is 5.78 Å². The lowest BCUT2D eigenvalue weighted by Crippen LogP contribution is -2.47. The Labute approximate surface area is 118 Å². The van der Waals surface area contributed by atoms with E-state index in [0.717, 1.165) is 5.69 Å². The third kappa shape index (κ3) is 2.61. The predicted octanol–water partition coefficient (Wildman–Crippen LogP) is 2.04. The first-order valence-corrected chi connectivity index (χ1v) is 6.60. The fraction of sp³-hybridized carbons (Fsp3) is 0.467. The van der Waals surface area contributed by atoms with Crippen LogP contribution in [0.3, 0.4) is 0 Å². The average molecular weight is 277 g/mol. The van der Waals surface area contributed by atoms with Crippen molar-refractivity contribution < 1.29 is 19.1 Å². The van der Waals surface area contributed by atoms with Crippen LogP contribution in [-0.4, -0.2) is 37.6 Å². The number of rotatable bonds is 3. The Balaban J connectivity index is 2.43. The lowest BCUT2D eigenvalue weighted by Gasteiger charge is -2.37. The van der Waals surface area contributed by atoms with Gasteiger partial charge in [-0.1, -0.05) is 0 Å². The van der Waals surface area contributed by atoms with Gasteiger partial charge in [-0.3, -0.25) is 4.79 Å². The molecule has 0 bridgehead atoms. The van der Waals surface area contributed by atoms with Gasteiger partial charge in [0, 0.05) is 5.56 Å². The van der Waals surface area contributed by atoms with Crippen molar-refractivity contribution in [3.8, 4) is 5.75 Å². The molecule has 1 heterocycles. The molecule has 108 valence electrons. The molecule has 0 fully saturated rings. The van der Waals surface area contributed by atoms with Crippen LogP contribution in [0.15, 0.2) is 18.2 Å². The van der Waals surface area contributed by atoms with Gasteiger partial charge >= 0.3 is 5.97 Å². The number of methoxy groups -OCH3 is 1. The number of benzene rings is 1. The van der Waals surface area contributed by atoms with E-state index in [9.17, 15) is 9.59 Å². The first-order valence-electron chi connectivity index (χ1n) is 6.60. The standard InChI is InChI=1S/C15H19NO4/c1-9-8-16(10(2)15(18)19-4)13-7-12(11(3)17)5-6-14(13)20-9/h5-7,9-10H,8H2,1-4H3. The molecule has 2 rings (SSSR count). The van der Waals surface area contributed by atoms with Gasteiger partial charge in [0.25, 0.3) is 0 Å². The maximum Gasteiger partial charge on any atom is 0.328 e. The van der Waals surface area contributed by atoms with Gasteiger partial charge in [-0.25, -0.2) is 4.79 Å². The van der Waals surface area contributed by atoms with Crippen molar-refractivity contribution in [2.45, 2.75) is 32.9 Å². The Hall–Kier alpha value is -2.04. The van der Waals surface area contributed by atoms with Crippen molar-refractivity contribution >= 4 is 17.4 Å². The molecule has 5 heteroatoms. The summed E-state index contributed by atoms with van der Waals surface area (Å²) in [6, 6.07) is 4.86. The summed E-state index contributed by atoms with van der Waals surface area (Å²) in [5.74, 6) is 0.361. The molecule has 0 aliphatic carbocycles. The first kappa shape index (κ1) is 14.4. The maximum absolute atomic E-state index is 11.8. The highest BCUT2D eigenvalue weighted by atomic mass is 16.5. The summed E-state index contributed by atoms with van der Waals surface area (Å²) in [4.78, 5) is 25.2. The number of ether oxygens (including phenoxy) is 2. The van der Waals surface area contributed by atoms with E-state index in [0.29, 0.717) is 17.9 Å². The highest BCUT2D eigenvalue weighted by molar-refractivity contribution is 5.96. The number of Topliss-reactive ketones (excluding diaryl/α,β-unsaturated/α-hetero) is 1. The fourth-order valence-electron chi connectivity index (χ4n) is 2.35. The number of nitrogens with zero attached hydrogens (tertiary/aromatic N) is 1. The molecule has 1 aromatic carbocycles. The molecule has 20 heavy (non-hydrogen) atoms. The Bertz CT molecular complexity index is 541. The highest BCUT2D eigenvalue weighted by Crippen LogP contribution is 2.35. The smallest absolute Gasteiger partial charge is 0.328 e. The summed E-state index contributed by atoms with van der Waals surface area (Å²) < 4.78 is 10.6. The zero-order valence-electron chi connectivity index (χ0n) is 12.2. The van der Waals surface area contributed by atoms with E-state index < -0.39 is 6.04 Å². The second kappa shape index (κ2) is 5.53. The summed E-state index contributed by atoms with van der Waals surface area (Å²) in [6.07, 6.45) is -0.0298. The third-order valence-electron chi connectivity index (χ3n) is 3.47. The van der Waals surface area contributed by atoms with Crippen molar-refractivity contribution in [1.29, 1.82) is 0 Å². The van der Waals surface area contributed by atoms with Crippen LogP contribution in [0.1, 0.15) is 31.1 Å². The van der Waals surface area contributed by atoms with E-state index >= 15 is 0 Å². The third-order valence-corrected chi connectivity index (χ3v) is 3.47. The number of hydrogen-bond donors (Lipinski definition) is 0. The summed E-state index contributed by atoms with van der Waals surface area (Å²) in [6.45, 7) is 5.82. The summed E-state index contributed by atoms with van der Waals surface area (Å²) in [5, 5.41) is 0. The summed E-state index contributed by atoms with van der Waals surface area (Å²) >= 11 is 0. The van der Waals surface area contributed by atoms with Crippen LogP contribution in [0.2, 0.25) is 0 Å². The fourth-order valence-corrected chi connectivity index (χ4v) is 2.35. The molecule has 0 amide bonds. The topological polar surface area (TPSA) is 55.8 Å². The number of fused-ring (bicyclic) bond motifs is 1. The maximum atomic E-state index is 11.8. The van der Waals surface area contributed by atoms with Gasteiger partial charge in [-0.15, -0.1) is 0 Å². The quantitative estimate of drug-likeness (QED) is 0.625. The zero-order valence-corrected chi connectivity index (χ0v) is 12.2. The Kier molecular flexibility index (Phi) is 3.97. The van der Waals surface area contributed by atoms with Crippen LogP contribution in [0, 0.1) is 0 Å². The van der Waals surface area contributed by atoms with Crippen LogP contribution in [0.25, 0.3) is 0 Å². The first-order chi connectivity index (χ1) is 9.43. The van der Waals surface area contributed by atoms with Crippen LogP contribution in [-0.2, 0) is 9.53 Å². The molecule has 0 spiro atoms. The monoisotopic (exact) mass is 277 g/mol. The van der Waals surface area contributed by atoms with Crippen LogP contribution in [0.5, 0.6) is 5.75 Å². The van der Waals surface area contributed by atoms with Crippen molar-refractivity contribution in [3.05, 3.63) is 23.8 Å². The second-order valence-corrected chi connectivity index (χ2v) is 5.02. The highest BCUT2D eigenvalue weighted by Gasteiger charge is 2.30. The molecule has 0 N–H and O–H groups in total. The van der Waals surface area contributed by atoms with Crippen molar-refractivity contribution in [3.63, 3.8) is 0 Å². The Morgan fingerprint density at radius 3 is 2.75 bits per heavy atom. The van der Waals surface area contributed by atoms with Gasteiger partial charge in [0.2, 0.25) is 0 Å². The largest absolute Gasteiger partial charge is 0.487 e. The lowest BCUT2D eigenvalue weighted by molar-refractivity contribution is -0.141. The molecule has 2 unspecified atom stereocenters. The SMILES string of the molecule is COC(=O)C(C)N1CC(C)Oc2ccc(C(C)=O)cc21. The minimum absolute atomic E-state index is 0.0166. The van der Waals surface area contributed by atoms with Gasteiger partial charge in [0.1, 0.15) is 17.9 Å². The minimum atomic E-state index is -0.424. The number of carbonyl (C=O) groups excluding carboxylic acids is 2. The molecule has 1 aromatic rings. The number of carbonyl (C=O) groups is 2. The number of anilines is 1. The Morgan fingerprint density at radius 2 is 2.15 bits per heavy atom. The van der Waals surface area contributed by atoms with Crippen LogP contribution < -0.4 is 9.64 Å². The minimum Gasteiger partial charge on any atom is -0.487 e. The zero-order chi connectivity index (χ0) is 14.9. The van der Waals surface area contributed by atoms with E-state index in [4.69, 9.17) is 9.47 Å². The molecular formula is C15H19NO4. The van der Waals surface area contributed by atoms with Gasteiger partial charge in [-0.05, 0) is 39.0 Å². The van der Waals surface area contributed by atoms with Gasteiger partial charge in [-0.2, -0.15) is 0 Å². The van der Waals surface area contributed by atoms with Crippen LogP contribution >= 0.6 is 0 Å². The summed E-state index contributed by atoms with van der Waals surface area (Å²) in [5.41, 5.74) is 1.36. The second-order valence-electron chi connectivity index (χ2n) is 5.02. The van der Waals surface area contributed by atoms with E-state index in [1.807, 2.05) is 11.8 Å². The van der Waals surface area contributed by atoms with Gasteiger partial charge in [0.05, 0.1) is 19.3 Å². The van der Waals surface area contributed by atoms with Crippen molar-refractivity contribution in [1.82, 2.24) is 0 Å². The van der Waals surface area contributed by atoms with Gasteiger partial charge < -0.3 is 14.4 Å². The molecule has 0 saturated heterocycles. The molecule has 1 aliphatic rings. The van der Waals surface area contributed by atoms with Crippen LogP contribution in [0.4, 0.5) is 5.69 Å². The molecule has 2 atom stereocenters. The predicted molar refractivity (Wildman–Crippen MR) is 75.4 cm³/mol. The number of ketones is 1. The van der Waals surface area contributed by atoms with E-state index in [-0.39, 0.29) is 17.9 Å². The molecular weight excluding hydrogens is 258 g/mol. The molecule has 0 radical (unpaired) electrons. The van der Waals surface area contributed by atoms with E-state index in [1.165, 1.54) is 14.0 Å². The molecule has 1 aliphatic heterocycles. The normalized spacial score (nSPS) is 18.8. The van der Waals surface area contributed by atoms with Crippen molar-refractivity contribution in [2.75, 3.05) is 18.6 Å². The Morgan fingerprint density at radius 1 is 1.45 bits per heavy atom. The number of hydrogen-bond acceptors (Lipinski definition) is 5. The number of esters is 1. The lowest BCUT2D eigenvalue weighted by atomic mass is 10.1.